The highest BCUT2D eigenvalue weighted by Crippen LogP contribution is 2.21. The van der Waals surface area contributed by atoms with E-state index in [1.165, 1.54) is 5.39 Å². The van der Waals surface area contributed by atoms with Crippen LogP contribution in [0.4, 0.5) is 10.5 Å². The van der Waals surface area contributed by atoms with Crippen molar-refractivity contribution in [2.24, 2.45) is 0 Å². The minimum absolute atomic E-state index is 0.119. The van der Waals surface area contributed by atoms with Crippen LogP contribution in [0.25, 0.3) is 10.9 Å². The van der Waals surface area contributed by atoms with E-state index in [2.05, 4.69) is 45.0 Å². The van der Waals surface area contributed by atoms with Gasteiger partial charge in [0.2, 0.25) is 0 Å². The Balaban J connectivity index is 1.70. The van der Waals surface area contributed by atoms with Crippen LogP contribution in [0.1, 0.15) is 12.5 Å². The first-order valence-electron chi connectivity index (χ1n) is 7.92. The molecule has 2 aromatic carbocycles. The maximum absolute atomic E-state index is 12.4. The van der Waals surface area contributed by atoms with Crippen molar-refractivity contribution >= 4 is 38.6 Å². The van der Waals surface area contributed by atoms with Gasteiger partial charge in [-0.25, -0.2) is 4.79 Å². The van der Waals surface area contributed by atoms with Crippen molar-refractivity contribution in [2.75, 3.05) is 12.4 Å². The Morgan fingerprint density at radius 3 is 2.62 bits per heavy atom. The summed E-state index contributed by atoms with van der Waals surface area (Å²) in [4.78, 5) is 14.1. The Morgan fingerprint density at radius 2 is 1.92 bits per heavy atom. The van der Waals surface area contributed by atoms with Gasteiger partial charge >= 0.3 is 6.03 Å². The maximum atomic E-state index is 12.4. The van der Waals surface area contributed by atoms with E-state index in [0.29, 0.717) is 6.54 Å². The lowest BCUT2D eigenvalue weighted by molar-refractivity contribution is 0.220. The Labute approximate surface area is 150 Å². The molecule has 0 aliphatic carbocycles. The number of nitrogens with zero attached hydrogens (tertiary/aromatic N) is 2. The van der Waals surface area contributed by atoms with E-state index < -0.39 is 0 Å². The number of fused-ring (bicyclic) bond motifs is 1. The fraction of sp³-hybridized carbons (Fsp3) is 0.211. The van der Waals surface area contributed by atoms with Gasteiger partial charge in [-0.2, -0.15) is 0 Å². The molecule has 0 saturated carbocycles. The molecule has 0 bridgehead atoms. The van der Waals surface area contributed by atoms with Crippen molar-refractivity contribution in [2.45, 2.75) is 20.0 Å². The number of carbonyl (C=O) groups excluding carboxylic acids is 1. The molecule has 1 heterocycles. The molecule has 1 N–H and O–H groups in total. The van der Waals surface area contributed by atoms with Gasteiger partial charge in [-0.3, -0.25) is 0 Å². The molecule has 3 aromatic rings. The van der Waals surface area contributed by atoms with E-state index >= 15 is 0 Å². The van der Waals surface area contributed by atoms with Crippen molar-refractivity contribution in [1.82, 2.24) is 9.47 Å². The standard InChI is InChI=1S/C19H20BrN3O/c1-3-23-11-10-15-6-9-17(12-18(15)23)21-19(24)22(2)13-14-4-7-16(20)8-5-14/h4-12H,3,13H2,1-2H3,(H,21,24). The highest BCUT2D eigenvalue weighted by Gasteiger charge is 2.10. The number of aryl methyl sites for hydroxylation is 1. The van der Waals surface area contributed by atoms with Crippen molar-refractivity contribution < 1.29 is 4.79 Å². The number of rotatable bonds is 4. The lowest BCUT2D eigenvalue weighted by atomic mass is 10.2. The predicted octanol–water partition coefficient (Wildman–Crippen LogP) is 5.09. The van der Waals surface area contributed by atoms with Gasteiger partial charge < -0.3 is 14.8 Å². The third kappa shape index (κ3) is 3.62. The molecule has 0 fully saturated rings. The summed E-state index contributed by atoms with van der Waals surface area (Å²) in [5.41, 5.74) is 3.03. The lowest BCUT2D eigenvalue weighted by Crippen LogP contribution is -2.30. The zero-order valence-electron chi connectivity index (χ0n) is 13.8. The molecule has 2 amide bonds. The largest absolute Gasteiger partial charge is 0.348 e. The van der Waals surface area contributed by atoms with Gasteiger partial charge in [0, 0.05) is 36.5 Å². The molecule has 3 rings (SSSR count). The number of nitrogens with one attached hydrogen (secondary N) is 1. The predicted molar refractivity (Wildman–Crippen MR) is 102 cm³/mol. The average molecular weight is 386 g/mol. The van der Waals surface area contributed by atoms with Crippen molar-refractivity contribution in [3.05, 3.63) is 64.8 Å². The van der Waals surface area contributed by atoms with E-state index in [9.17, 15) is 4.79 Å². The number of urea groups is 1. The third-order valence-corrected chi connectivity index (χ3v) is 4.57. The summed E-state index contributed by atoms with van der Waals surface area (Å²) in [6.07, 6.45) is 2.07. The second-order valence-corrected chi connectivity index (χ2v) is 6.70. The number of carbonyl (C=O) groups is 1. The van der Waals surface area contributed by atoms with Gasteiger partial charge in [0.1, 0.15) is 0 Å². The van der Waals surface area contributed by atoms with E-state index in [1.54, 1.807) is 11.9 Å². The topological polar surface area (TPSA) is 37.3 Å². The molecular formula is C19H20BrN3O. The highest BCUT2D eigenvalue weighted by atomic mass is 79.9. The van der Waals surface area contributed by atoms with Crippen LogP contribution in [0.15, 0.2) is 59.2 Å². The first-order valence-corrected chi connectivity index (χ1v) is 8.71. The highest BCUT2D eigenvalue weighted by molar-refractivity contribution is 9.10. The first-order chi connectivity index (χ1) is 11.6. The minimum Gasteiger partial charge on any atom is -0.348 e. The van der Waals surface area contributed by atoms with E-state index in [-0.39, 0.29) is 6.03 Å². The van der Waals surface area contributed by atoms with E-state index in [1.807, 2.05) is 42.5 Å². The number of hydrogen-bond donors (Lipinski definition) is 1. The molecule has 0 aliphatic rings. The molecule has 0 unspecified atom stereocenters. The fourth-order valence-corrected chi connectivity index (χ4v) is 2.96. The van der Waals surface area contributed by atoms with Gasteiger partial charge in [0.15, 0.2) is 0 Å². The van der Waals surface area contributed by atoms with Crippen LogP contribution in [0.2, 0.25) is 0 Å². The third-order valence-electron chi connectivity index (χ3n) is 4.05. The zero-order valence-corrected chi connectivity index (χ0v) is 15.4. The van der Waals surface area contributed by atoms with Gasteiger partial charge in [-0.05, 0) is 48.2 Å². The number of benzene rings is 2. The Morgan fingerprint density at radius 1 is 1.17 bits per heavy atom. The van der Waals surface area contributed by atoms with Crippen LogP contribution in [0, 0.1) is 0 Å². The Bertz CT molecular complexity index is 855. The summed E-state index contributed by atoms with van der Waals surface area (Å²) in [6.45, 7) is 3.58. The molecule has 0 aliphatic heterocycles. The summed E-state index contributed by atoms with van der Waals surface area (Å²) >= 11 is 3.42. The second kappa shape index (κ2) is 7.09. The molecule has 124 valence electrons. The summed E-state index contributed by atoms with van der Waals surface area (Å²) in [7, 11) is 1.80. The number of anilines is 1. The SMILES string of the molecule is CCn1ccc2ccc(NC(=O)N(C)Cc3ccc(Br)cc3)cc21. The van der Waals surface area contributed by atoms with Crippen LogP contribution >= 0.6 is 15.9 Å². The second-order valence-electron chi connectivity index (χ2n) is 5.79. The number of aromatic nitrogens is 1. The number of hydrogen-bond acceptors (Lipinski definition) is 1. The first kappa shape index (κ1) is 16.6. The molecule has 0 spiro atoms. The maximum Gasteiger partial charge on any atom is 0.321 e. The average Bonchev–Trinajstić information content (AvgIpc) is 2.99. The van der Waals surface area contributed by atoms with Crippen LogP contribution in [-0.4, -0.2) is 22.5 Å². The monoisotopic (exact) mass is 385 g/mol. The van der Waals surface area contributed by atoms with Crippen LogP contribution in [0.3, 0.4) is 0 Å². The van der Waals surface area contributed by atoms with Crippen LogP contribution < -0.4 is 5.32 Å². The minimum atomic E-state index is -0.119. The summed E-state index contributed by atoms with van der Waals surface area (Å²) in [5.74, 6) is 0. The van der Waals surface area contributed by atoms with Crippen molar-refractivity contribution in [3.63, 3.8) is 0 Å². The quantitative estimate of drug-likeness (QED) is 0.667. The molecule has 24 heavy (non-hydrogen) atoms. The zero-order chi connectivity index (χ0) is 17.1. The summed E-state index contributed by atoms with van der Waals surface area (Å²) in [6, 6.07) is 15.9. The smallest absolute Gasteiger partial charge is 0.321 e. The molecule has 0 radical (unpaired) electrons. The Kier molecular flexibility index (Phi) is 4.90. The van der Waals surface area contributed by atoms with E-state index in [0.717, 1.165) is 27.8 Å². The summed E-state index contributed by atoms with van der Waals surface area (Å²) in [5, 5.41) is 4.15. The fourth-order valence-electron chi connectivity index (χ4n) is 2.69. The van der Waals surface area contributed by atoms with Gasteiger partial charge in [-0.1, -0.05) is 34.1 Å². The molecule has 4 nitrogen and oxygen atoms in total. The number of amides is 2. The van der Waals surface area contributed by atoms with Crippen LogP contribution in [0.5, 0.6) is 0 Å². The van der Waals surface area contributed by atoms with Crippen molar-refractivity contribution in [3.8, 4) is 0 Å². The summed E-state index contributed by atoms with van der Waals surface area (Å²) < 4.78 is 3.20. The molecule has 5 heteroatoms. The van der Waals surface area contributed by atoms with Crippen LogP contribution in [-0.2, 0) is 13.1 Å². The number of halogens is 1. The lowest BCUT2D eigenvalue weighted by Gasteiger charge is -2.18. The molecular weight excluding hydrogens is 366 g/mol. The Hall–Kier alpha value is -2.27. The normalized spacial score (nSPS) is 10.8. The van der Waals surface area contributed by atoms with Gasteiger partial charge in [-0.15, -0.1) is 0 Å². The van der Waals surface area contributed by atoms with Crippen molar-refractivity contribution in [1.29, 1.82) is 0 Å². The van der Waals surface area contributed by atoms with Gasteiger partial charge in [0.25, 0.3) is 0 Å². The molecule has 1 aromatic heterocycles. The van der Waals surface area contributed by atoms with E-state index in [4.69, 9.17) is 0 Å². The molecule has 0 saturated heterocycles. The molecule has 0 atom stereocenters. The van der Waals surface area contributed by atoms with Gasteiger partial charge in [0.05, 0.1) is 5.52 Å².